The molecule has 23 aromatic carbocycles. The van der Waals surface area contributed by atoms with Crippen molar-refractivity contribution in [3.63, 3.8) is 0 Å². The van der Waals surface area contributed by atoms with E-state index in [4.69, 9.17) is 29.9 Å². The topological polar surface area (TPSA) is 77.3 Å². The SMILES string of the molecule is c1ccc(-c2ccc(-c3cccc(-c4cccc(-c5nc(-c6ccccc6)nc6c5ccc5sc7ccccc7c56)c4)c3)cc2)cc1.c1ccc(-c2ccccc2-c2cccc(-c3cccc(-c4nc(-c5ccccc5)c5ccc6sc7ccccc7c6c5n4)c3)c2)cc1.c1ccc(-c2nc(-c3cccc(-c4cccc(-c5ccc6c7ccccc7c7ccccc7c6c5)c4)c3)nc3c2ccc2sc4ccccc4c23)cc1. The van der Waals surface area contributed by atoms with Gasteiger partial charge in [0.2, 0.25) is 0 Å². The Bertz CT molecular complexity index is 10200. The third kappa shape index (κ3) is 16.4. The summed E-state index contributed by atoms with van der Waals surface area (Å²) in [7, 11) is 0. The van der Waals surface area contributed by atoms with Gasteiger partial charge in [-0.1, -0.05) is 425 Å². The molecule has 0 aliphatic heterocycles. The molecule has 29 aromatic rings. The van der Waals surface area contributed by atoms with Crippen molar-refractivity contribution in [2.45, 2.75) is 0 Å². The van der Waals surface area contributed by atoms with Crippen molar-refractivity contribution in [1.29, 1.82) is 0 Å². The van der Waals surface area contributed by atoms with Gasteiger partial charge in [-0.15, -0.1) is 34.0 Å². The minimum absolute atomic E-state index is 0.728. The summed E-state index contributed by atoms with van der Waals surface area (Å²) in [6.45, 7) is 0. The molecule has 686 valence electrons. The molecule has 0 N–H and O–H groups in total. The largest absolute Gasteiger partial charge is 0.227 e. The zero-order valence-electron chi connectivity index (χ0n) is 79.6. The van der Waals surface area contributed by atoms with Crippen molar-refractivity contribution in [3.05, 3.63) is 522 Å². The second-order valence-electron chi connectivity index (χ2n) is 37.3. The van der Waals surface area contributed by atoms with Gasteiger partial charge in [0.05, 0.1) is 33.6 Å². The van der Waals surface area contributed by atoms with Crippen LogP contribution in [0.25, 0.3) is 282 Å². The molecule has 6 heterocycles. The Balaban J connectivity index is 0.000000109. The highest BCUT2D eigenvalue weighted by atomic mass is 32.1. The number of rotatable bonds is 14. The van der Waals surface area contributed by atoms with E-state index in [2.05, 4.69) is 497 Å². The van der Waals surface area contributed by atoms with Gasteiger partial charge < -0.3 is 0 Å². The predicted octanol–water partition coefficient (Wildman–Crippen LogP) is 38.8. The lowest BCUT2D eigenvalue weighted by Crippen LogP contribution is -1.96. The van der Waals surface area contributed by atoms with Crippen molar-refractivity contribution in [2.24, 2.45) is 0 Å². The van der Waals surface area contributed by atoms with Crippen LogP contribution in [0.15, 0.2) is 522 Å². The van der Waals surface area contributed by atoms with Crippen LogP contribution < -0.4 is 0 Å². The maximum absolute atomic E-state index is 5.35. The fraction of sp³-hybridized carbons (Fsp3) is 0. The molecule has 0 saturated heterocycles. The molecule has 0 amide bonds. The van der Waals surface area contributed by atoms with Gasteiger partial charge in [0, 0.05) is 110 Å². The Hall–Kier alpha value is -18.5. The number of hydrogen-bond donors (Lipinski definition) is 0. The minimum atomic E-state index is 0.728. The van der Waals surface area contributed by atoms with E-state index < -0.39 is 0 Å². The van der Waals surface area contributed by atoms with Gasteiger partial charge in [-0.3, -0.25) is 0 Å². The van der Waals surface area contributed by atoms with E-state index in [9.17, 15) is 0 Å². The van der Waals surface area contributed by atoms with Crippen LogP contribution >= 0.6 is 34.0 Å². The standard InChI is InChI=1S/C50H30N2S.2C44H28N2S/c1-2-12-31(13-3-1)48-43-26-27-46-47(42-22-8-9-23-45(42)53-46)49(43)52-50(51-48)36-17-11-16-34(29-36)32-14-10-15-33(28-32)35-24-25-41-39-20-5-4-18-37(39)38-19-6-7-21-40(38)44(41)30-35;1-3-11-29(12-4-1)30-21-23-31(24-22-30)33-15-9-16-34(27-33)35-17-10-18-36(28-35)42-38-25-26-40-41(37-19-7-8-20-39(37)47-40)43(38)46-44(45-42)32-13-5-2-6-14-32;1-3-13-29(14-4-1)35-21-7-8-22-36(35)33-19-11-17-31(27-33)32-18-12-20-34(28-32)44-45-42(30-15-5-2-6-16-30)38-25-26-40-41(43(38)46-44)37-23-9-10-24-39(37)47-40/h1-30H;2*1-28H. The molecule has 0 spiro atoms. The maximum atomic E-state index is 5.35. The van der Waals surface area contributed by atoms with Crippen LogP contribution in [-0.2, 0) is 0 Å². The third-order valence-corrected chi connectivity index (χ3v) is 31.8. The number of thiophene rings is 3. The summed E-state index contributed by atoms with van der Waals surface area (Å²) in [5, 5.41) is 18.2. The highest BCUT2D eigenvalue weighted by Gasteiger charge is 2.24. The average Bonchev–Trinajstić information content (AvgIpc) is 1.42. The Labute approximate surface area is 861 Å². The summed E-state index contributed by atoms with van der Waals surface area (Å²) in [5.74, 6) is 2.19. The van der Waals surface area contributed by atoms with Crippen molar-refractivity contribution < 1.29 is 0 Å². The highest BCUT2D eigenvalue weighted by Crippen LogP contribution is 2.48. The van der Waals surface area contributed by atoms with Gasteiger partial charge in [0.25, 0.3) is 0 Å². The summed E-state index contributed by atoms with van der Waals surface area (Å²) in [6, 6.07) is 186. The second-order valence-corrected chi connectivity index (χ2v) is 40.5. The third-order valence-electron chi connectivity index (χ3n) is 28.4. The molecule has 0 unspecified atom stereocenters. The van der Waals surface area contributed by atoms with Crippen LogP contribution in [0.5, 0.6) is 0 Å². The molecule has 0 atom stereocenters. The summed E-state index contributed by atoms with van der Waals surface area (Å²) < 4.78 is 7.53. The number of benzene rings is 23. The second kappa shape index (κ2) is 37.8. The quantitative estimate of drug-likeness (QED) is 0.101. The lowest BCUT2D eigenvalue weighted by atomic mass is 9.91. The zero-order chi connectivity index (χ0) is 97.2. The predicted molar refractivity (Wildman–Crippen MR) is 626 cm³/mol. The first-order valence-electron chi connectivity index (χ1n) is 49.6. The van der Waals surface area contributed by atoms with Gasteiger partial charge in [0.1, 0.15) is 0 Å². The highest BCUT2D eigenvalue weighted by molar-refractivity contribution is 7.27. The normalized spacial score (nSPS) is 11.5. The van der Waals surface area contributed by atoms with E-state index in [1.807, 2.05) is 58.3 Å². The molecule has 6 nitrogen and oxygen atoms in total. The molecular formula is C138H86N6S3. The molecule has 147 heavy (non-hydrogen) atoms. The first-order valence-corrected chi connectivity index (χ1v) is 52.1. The molecule has 0 aliphatic rings. The molecule has 0 radical (unpaired) electrons. The summed E-state index contributed by atoms with van der Waals surface area (Å²) in [4.78, 5) is 31.7. The molecule has 0 saturated carbocycles. The van der Waals surface area contributed by atoms with E-state index >= 15 is 0 Å². The van der Waals surface area contributed by atoms with E-state index in [1.54, 1.807) is 0 Å². The molecule has 9 heteroatoms. The Morgan fingerprint density at radius 2 is 0.347 bits per heavy atom. The van der Waals surface area contributed by atoms with Gasteiger partial charge in [-0.2, -0.15) is 0 Å². The van der Waals surface area contributed by atoms with Crippen molar-refractivity contribution in [3.8, 4) is 157 Å². The number of aromatic nitrogens is 6. The first-order chi connectivity index (χ1) is 72.8. The van der Waals surface area contributed by atoms with Crippen LogP contribution in [0.2, 0.25) is 0 Å². The number of hydrogen-bond acceptors (Lipinski definition) is 9. The van der Waals surface area contributed by atoms with E-state index in [1.165, 1.54) is 154 Å². The Morgan fingerprint density at radius 1 is 0.116 bits per heavy atom. The van der Waals surface area contributed by atoms with Gasteiger partial charge >= 0.3 is 0 Å². The van der Waals surface area contributed by atoms with E-state index in [0.29, 0.717) is 0 Å². The fourth-order valence-electron chi connectivity index (χ4n) is 21.4. The van der Waals surface area contributed by atoms with Gasteiger partial charge in [-0.25, -0.2) is 29.9 Å². The molecular weight excluding hydrogens is 1840 g/mol. The lowest BCUT2D eigenvalue weighted by molar-refractivity contribution is 1.23. The van der Waals surface area contributed by atoms with Gasteiger partial charge in [0.15, 0.2) is 17.5 Å². The smallest absolute Gasteiger partial charge is 0.160 e. The summed E-state index contributed by atoms with van der Waals surface area (Å²) >= 11 is 5.46. The molecule has 0 bridgehead atoms. The monoisotopic (exact) mass is 1920 g/mol. The number of nitrogens with zero attached hydrogens (tertiary/aromatic N) is 6. The maximum Gasteiger partial charge on any atom is 0.160 e. The molecule has 6 aromatic heterocycles. The van der Waals surface area contributed by atoms with Crippen molar-refractivity contribution in [1.82, 2.24) is 29.9 Å². The summed E-state index contributed by atoms with van der Waals surface area (Å²) in [6.07, 6.45) is 0. The fourth-order valence-corrected chi connectivity index (χ4v) is 24.7. The van der Waals surface area contributed by atoms with Crippen LogP contribution in [-0.4, -0.2) is 29.9 Å². The molecule has 0 aliphatic carbocycles. The van der Waals surface area contributed by atoms with Crippen LogP contribution in [0.1, 0.15) is 0 Å². The Kier molecular flexibility index (Phi) is 22.5. The zero-order valence-corrected chi connectivity index (χ0v) is 82.0. The number of fused-ring (bicyclic) bond motifs is 21. The minimum Gasteiger partial charge on any atom is -0.227 e. The van der Waals surface area contributed by atoms with Gasteiger partial charge in [-0.05, 0) is 218 Å². The lowest BCUT2D eigenvalue weighted by Gasteiger charge is -2.13. The van der Waals surface area contributed by atoms with Crippen LogP contribution in [0, 0.1) is 0 Å². The van der Waals surface area contributed by atoms with Crippen molar-refractivity contribution in [2.75, 3.05) is 0 Å². The molecule has 29 rings (SSSR count). The van der Waals surface area contributed by atoms with Crippen LogP contribution in [0.3, 0.4) is 0 Å². The first kappa shape index (κ1) is 87.5. The van der Waals surface area contributed by atoms with Crippen molar-refractivity contribution >= 4 is 160 Å². The van der Waals surface area contributed by atoms with E-state index in [-0.39, 0.29) is 0 Å². The average molecular weight is 1920 g/mol. The molecule has 0 fully saturated rings. The Morgan fingerprint density at radius 3 is 0.748 bits per heavy atom. The van der Waals surface area contributed by atoms with Crippen LogP contribution in [0.4, 0.5) is 0 Å². The van der Waals surface area contributed by atoms with E-state index in [0.717, 1.165) is 128 Å². The summed E-state index contributed by atoms with van der Waals surface area (Å²) in [5.41, 5.74) is 31.0.